The third kappa shape index (κ3) is 2.15. The van der Waals surface area contributed by atoms with E-state index >= 15 is 0 Å². The molecule has 0 radical (unpaired) electrons. The highest BCUT2D eigenvalue weighted by molar-refractivity contribution is 5.95. The molecule has 0 saturated carbocycles. The number of hydrogen-bond donors (Lipinski definition) is 2. The van der Waals surface area contributed by atoms with Crippen LogP contribution in [0.15, 0.2) is 24.4 Å². The SMILES string of the molecule is NC(=O)c1nn(Cc2c(F)cccc2F)cc1N. The quantitative estimate of drug-likeness (QED) is 0.850. The summed E-state index contributed by atoms with van der Waals surface area (Å²) in [6, 6.07) is 3.54. The van der Waals surface area contributed by atoms with Crippen LogP contribution in [0.2, 0.25) is 0 Å². The Balaban J connectivity index is 2.35. The summed E-state index contributed by atoms with van der Waals surface area (Å²) in [5.41, 5.74) is 10.3. The lowest BCUT2D eigenvalue weighted by molar-refractivity contribution is 0.0995. The smallest absolute Gasteiger partial charge is 0.271 e. The maximum atomic E-state index is 13.4. The largest absolute Gasteiger partial charge is 0.396 e. The zero-order valence-corrected chi connectivity index (χ0v) is 9.23. The summed E-state index contributed by atoms with van der Waals surface area (Å²) in [5.74, 6) is -2.17. The first-order valence-corrected chi connectivity index (χ1v) is 5.04. The Hall–Kier alpha value is -2.44. The van der Waals surface area contributed by atoms with Crippen molar-refractivity contribution in [3.05, 3.63) is 47.3 Å². The number of nitrogens with two attached hydrogens (primary N) is 2. The Morgan fingerprint density at radius 2 is 1.94 bits per heavy atom. The van der Waals surface area contributed by atoms with Crippen LogP contribution in [0, 0.1) is 11.6 Å². The molecule has 1 amide bonds. The number of anilines is 1. The Kier molecular flexibility index (Phi) is 2.97. The number of hydrogen-bond acceptors (Lipinski definition) is 3. The molecule has 7 heteroatoms. The first-order chi connectivity index (χ1) is 8.49. The van der Waals surface area contributed by atoms with Gasteiger partial charge in [-0.3, -0.25) is 9.48 Å². The number of amides is 1. The van der Waals surface area contributed by atoms with Crippen molar-refractivity contribution in [3.8, 4) is 0 Å². The normalized spacial score (nSPS) is 10.6. The van der Waals surface area contributed by atoms with Crippen molar-refractivity contribution < 1.29 is 13.6 Å². The van der Waals surface area contributed by atoms with Gasteiger partial charge in [0.05, 0.1) is 12.2 Å². The van der Waals surface area contributed by atoms with Crippen LogP contribution in [0.1, 0.15) is 16.1 Å². The van der Waals surface area contributed by atoms with Gasteiger partial charge in [-0.25, -0.2) is 8.78 Å². The second-order valence-corrected chi connectivity index (χ2v) is 3.70. The minimum Gasteiger partial charge on any atom is -0.396 e. The van der Waals surface area contributed by atoms with Crippen LogP contribution in [0.4, 0.5) is 14.5 Å². The number of halogens is 2. The van der Waals surface area contributed by atoms with Crippen molar-refractivity contribution in [2.45, 2.75) is 6.54 Å². The molecule has 18 heavy (non-hydrogen) atoms. The molecule has 2 rings (SSSR count). The fraction of sp³-hybridized carbons (Fsp3) is 0.0909. The van der Waals surface area contributed by atoms with E-state index in [1.54, 1.807) is 0 Å². The molecule has 2 aromatic rings. The van der Waals surface area contributed by atoms with Gasteiger partial charge in [-0.2, -0.15) is 5.10 Å². The van der Waals surface area contributed by atoms with Crippen molar-refractivity contribution >= 4 is 11.6 Å². The Morgan fingerprint density at radius 3 is 2.44 bits per heavy atom. The van der Waals surface area contributed by atoms with Crippen molar-refractivity contribution in [2.75, 3.05) is 5.73 Å². The standard InChI is InChI=1S/C11H10F2N4O/c12-7-2-1-3-8(13)6(7)4-17-5-9(14)10(16-17)11(15)18/h1-3,5H,4,14H2,(H2,15,18). The number of carbonyl (C=O) groups excluding carboxylic acids is 1. The average molecular weight is 252 g/mol. The number of nitrogen functional groups attached to an aromatic ring is 1. The highest BCUT2D eigenvalue weighted by atomic mass is 19.1. The molecule has 0 spiro atoms. The number of nitrogens with zero attached hydrogens (tertiary/aromatic N) is 2. The van der Waals surface area contributed by atoms with Crippen LogP contribution in [0.3, 0.4) is 0 Å². The van der Waals surface area contributed by atoms with Crippen LogP contribution >= 0.6 is 0 Å². The number of primary amides is 1. The van der Waals surface area contributed by atoms with Crippen molar-refractivity contribution in [1.29, 1.82) is 0 Å². The molecule has 0 aliphatic carbocycles. The molecule has 1 aromatic carbocycles. The highest BCUT2D eigenvalue weighted by Crippen LogP contribution is 2.15. The van der Waals surface area contributed by atoms with Crippen LogP contribution < -0.4 is 11.5 Å². The monoisotopic (exact) mass is 252 g/mol. The van der Waals surface area contributed by atoms with Crippen molar-refractivity contribution in [3.63, 3.8) is 0 Å². The first-order valence-electron chi connectivity index (χ1n) is 5.04. The molecule has 5 nitrogen and oxygen atoms in total. The average Bonchev–Trinajstić information content (AvgIpc) is 2.65. The Morgan fingerprint density at radius 1 is 1.33 bits per heavy atom. The molecule has 0 aliphatic heterocycles. The van der Waals surface area contributed by atoms with Gasteiger partial charge in [0.25, 0.3) is 5.91 Å². The van der Waals surface area contributed by atoms with E-state index in [-0.39, 0.29) is 23.5 Å². The molecule has 0 aliphatic rings. The zero-order chi connectivity index (χ0) is 13.3. The van der Waals surface area contributed by atoms with Crippen LogP contribution in [-0.4, -0.2) is 15.7 Å². The number of rotatable bonds is 3. The van der Waals surface area contributed by atoms with Gasteiger partial charge in [0, 0.05) is 11.8 Å². The molecule has 1 aromatic heterocycles. The molecule has 94 valence electrons. The molecular weight excluding hydrogens is 242 g/mol. The van der Waals surface area contributed by atoms with Crippen LogP contribution in [0.5, 0.6) is 0 Å². The maximum absolute atomic E-state index is 13.4. The fourth-order valence-electron chi connectivity index (χ4n) is 1.55. The highest BCUT2D eigenvalue weighted by Gasteiger charge is 2.14. The predicted octanol–water partition coefficient (Wildman–Crippen LogP) is 0.891. The fourth-order valence-corrected chi connectivity index (χ4v) is 1.55. The van der Waals surface area contributed by atoms with Crippen LogP contribution in [-0.2, 0) is 6.54 Å². The second kappa shape index (κ2) is 4.44. The molecule has 0 saturated heterocycles. The van der Waals surface area contributed by atoms with Gasteiger partial charge in [-0.15, -0.1) is 0 Å². The lowest BCUT2D eigenvalue weighted by Crippen LogP contribution is -2.14. The van der Waals surface area contributed by atoms with Crippen molar-refractivity contribution in [2.24, 2.45) is 5.73 Å². The number of aromatic nitrogens is 2. The van der Waals surface area contributed by atoms with E-state index in [1.807, 2.05) is 0 Å². The number of carbonyl (C=O) groups is 1. The van der Waals surface area contributed by atoms with Crippen molar-refractivity contribution in [1.82, 2.24) is 9.78 Å². The Labute approximate surface area is 101 Å². The second-order valence-electron chi connectivity index (χ2n) is 3.70. The zero-order valence-electron chi connectivity index (χ0n) is 9.23. The third-order valence-electron chi connectivity index (χ3n) is 2.41. The topological polar surface area (TPSA) is 86.9 Å². The molecule has 0 bridgehead atoms. The first kappa shape index (κ1) is 12.0. The van der Waals surface area contributed by atoms with Gasteiger partial charge < -0.3 is 11.5 Å². The van der Waals surface area contributed by atoms with Gasteiger partial charge >= 0.3 is 0 Å². The summed E-state index contributed by atoms with van der Waals surface area (Å²) in [4.78, 5) is 10.9. The van der Waals surface area contributed by atoms with E-state index in [4.69, 9.17) is 11.5 Å². The minimum absolute atomic E-state index is 0.0687. The van der Waals surface area contributed by atoms with Gasteiger partial charge in [0.1, 0.15) is 11.6 Å². The summed E-state index contributed by atoms with van der Waals surface area (Å²) in [6.07, 6.45) is 1.30. The van der Waals surface area contributed by atoms with Gasteiger partial charge in [-0.1, -0.05) is 6.07 Å². The van der Waals surface area contributed by atoms with E-state index in [0.717, 1.165) is 16.8 Å². The van der Waals surface area contributed by atoms with E-state index in [9.17, 15) is 13.6 Å². The summed E-state index contributed by atoms with van der Waals surface area (Å²) >= 11 is 0. The van der Waals surface area contributed by atoms with Crippen LogP contribution in [0.25, 0.3) is 0 Å². The van der Waals surface area contributed by atoms with Gasteiger partial charge in [0.15, 0.2) is 5.69 Å². The Bertz CT molecular complexity index is 589. The van der Waals surface area contributed by atoms with Gasteiger partial charge in [0.2, 0.25) is 0 Å². The van der Waals surface area contributed by atoms with Gasteiger partial charge in [-0.05, 0) is 12.1 Å². The third-order valence-corrected chi connectivity index (χ3v) is 2.41. The summed E-state index contributed by atoms with van der Waals surface area (Å²) in [6.45, 7) is -0.171. The summed E-state index contributed by atoms with van der Waals surface area (Å²) in [5, 5.41) is 3.77. The lowest BCUT2D eigenvalue weighted by Gasteiger charge is -2.04. The molecule has 1 heterocycles. The van der Waals surface area contributed by atoms with E-state index in [1.165, 1.54) is 12.3 Å². The predicted molar refractivity (Wildman–Crippen MR) is 60.6 cm³/mol. The molecule has 0 atom stereocenters. The maximum Gasteiger partial charge on any atom is 0.271 e. The lowest BCUT2D eigenvalue weighted by atomic mass is 10.2. The molecule has 4 N–H and O–H groups in total. The number of benzene rings is 1. The van der Waals surface area contributed by atoms with E-state index < -0.39 is 17.5 Å². The van der Waals surface area contributed by atoms with E-state index in [2.05, 4.69) is 5.10 Å². The molecular formula is C11H10F2N4O. The minimum atomic E-state index is -0.791. The summed E-state index contributed by atoms with van der Waals surface area (Å²) < 4.78 is 28.0. The summed E-state index contributed by atoms with van der Waals surface area (Å²) in [7, 11) is 0. The molecule has 0 unspecified atom stereocenters. The molecule has 0 fully saturated rings. The van der Waals surface area contributed by atoms with E-state index in [0.29, 0.717) is 0 Å².